The summed E-state index contributed by atoms with van der Waals surface area (Å²) in [6.07, 6.45) is 7.73. The van der Waals surface area contributed by atoms with Crippen LogP contribution in [-0.4, -0.2) is 62.6 Å². The molecule has 0 aliphatic carbocycles. The third-order valence-corrected chi connectivity index (χ3v) is 4.79. The fraction of sp³-hybridized carbons (Fsp3) is 0.263. The number of nitrogens with one attached hydrogen (secondary N) is 1. The molecular formula is C19H18N6O3. The Morgan fingerprint density at radius 1 is 1.11 bits per heavy atom. The molecule has 2 aromatic rings. The fourth-order valence-electron chi connectivity index (χ4n) is 3.39. The Kier molecular flexibility index (Phi) is 4.56. The van der Waals surface area contributed by atoms with Gasteiger partial charge >= 0.3 is 0 Å². The van der Waals surface area contributed by atoms with Crippen LogP contribution in [0, 0.1) is 0 Å². The van der Waals surface area contributed by atoms with Gasteiger partial charge < -0.3 is 10.2 Å². The van der Waals surface area contributed by atoms with Crippen LogP contribution in [0.2, 0.25) is 0 Å². The molecule has 142 valence electrons. The summed E-state index contributed by atoms with van der Waals surface area (Å²) in [4.78, 5) is 51.9. The van der Waals surface area contributed by atoms with Gasteiger partial charge in [0.25, 0.3) is 11.8 Å². The van der Waals surface area contributed by atoms with Crippen LogP contribution < -0.4 is 5.32 Å². The Morgan fingerprint density at radius 3 is 2.61 bits per heavy atom. The monoisotopic (exact) mass is 378 g/mol. The maximum atomic E-state index is 12.4. The van der Waals surface area contributed by atoms with Gasteiger partial charge in [-0.05, 0) is 25.0 Å². The molecule has 3 amide bonds. The molecule has 28 heavy (non-hydrogen) atoms. The quantitative estimate of drug-likeness (QED) is 0.785. The van der Waals surface area contributed by atoms with Gasteiger partial charge in [-0.25, -0.2) is 15.0 Å². The number of nitrogens with zero attached hydrogens (tertiary/aromatic N) is 5. The topological polar surface area (TPSA) is 108 Å². The van der Waals surface area contributed by atoms with Crippen molar-refractivity contribution in [3.8, 4) is 11.1 Å². The average molecular weight is 378 g/mol. The summed E-state index contributed by atoms with van der Waals surface area (Å²) in [6, 6.07) is 3.51. The lowest BCUT2D eigenvalue weighted by Gasteiger charge is -2.28. The van der Waals surface area contributed by atoms with Crippen LogP contribution in [0.3, 0.4) is 0 Å². The molecular weight excluding hydrogens is 360 g/mol. The molecule has 0 saturated heterocycles. The van der Waals surface area contributed by atoms with Crippen molar-refractivity contribution in [2.24, 2.45) is 0 Å². The fourth-order valence-corrected chi connectivity index (χ4v) is 3.39. The Labute approximate surface area is 161 Å². The number of hydrogen-bond donors (Lipinski definition) is 1. The minimum Gasteiger partial charge on any atom is -0.357 e. The number of hydrogen-bond acceptors (Lipinski definition) is 7. The molecule has 9 nitrogen and oxygen atoms in total. The van der Waals surface area contributed by atoms with Crippen molar-refractivity contribution in [3.05, 3.63) is 48.3 Å². The first-order valence-corrected chi connectivity index (χ1v) is 8.86. The highest BCUT2D eigenvalue weighted by Gasteiger charge is 2.40. The molecule has 0 spiro atoms. The number of pyridine rings is 1. The Balaban J connectivity index is 1.43. The average Bonchev–Trinajstić information content (AvgIpc) is 2.94. The number of imide groups is 1. The zero-order valence-electron chi connectivity index (χ0n) is 15.3. The maximum Gasteiger partial charge on any atom is 0.277 e. The predicted octanol–water partition coefficient (Wildman–Crippen LogP) is 0.826. The van der Waals surface area contributed by atoms with E-state index in [1.54, 1.807) is 29.6 Å². The Hall–Kier alpha value is -3.62. The largest absolute Gasteiger partial charge is 0.357 e. The molecule has 0 unspecified atom stereocenters. The van der Waals surface area contributed by atoms with E-state index in [2.05, 4.69) is 20.3 Å². The van der Waals surface area contributed by atoms with Crippen molar-refractivity contribution in [1.29, 1.82) is 0 Å². The Morgan fingerprint density at radius 2 is 1.89 bits per heavy atom. The molecule has 9 heteroatoms. The molecule has 1 N–H and O–H groups in total. The molecule has 4 heterocycles. The third kappa shape index (κ3) is 3.22. The second kappa shape index (κ2) is 7.18. The van der Waals surface area contributed by atoms with Crippen LogP contribution in [0.4, 0.5) is 5.82 Å². The predicted molar refractivity (Wildman–Crippen MR) is 99.5 cm³/mol. The summed E-state index contributed by atoms with van der Waals surface area (Å²) < 4.78 is 0. The van der Waals surface area contributed by atoms with Gasteiger partial charge in [-0.2, -0.15) is 0 Å². The van der Waals surface area contributed by atoms with Crippen molar-refractivity contribution in [3.63, 3.8) is 0 Å². The molecule has 0 radical (unpaired) electrons. The third-order valence-electron chi connectivity index (χ3n) is 4.79. The molecule has 0 atom stereocenters. The first-order valence-electron chi connectivity index (χ1n) is 8.86. The lowest BCUT2D eigenvalue weighted by atomic mass is 10.0. The minimum absolute atomic E-state index is 0.0123. The highest BCUT2D eigenvalue weighted by molar-refractivity contribution is 6.19. The summed E-state index contributed by atoms with van der Waals surface area (Å²) in [5, 5.41) is 2.73. The van der Waals surface area contributed by atoms with E-state index >= 15 is 0 Å². The molecule has 2 aromatic heterocycles. The van der Waals surface area contributed by atoms with E-state index in [4.69, 9.17) is 0 Å². The molecule has 0 bridgehead atoms. The van der Waals surface area contributed by atoms with Crippen LogP contribution in [-0.2, 0) is 14.4 Å². The van der Waals surface area contributed by atoms with Gasteiger partial charge in [-0.15, -0.1) is 0 Å². The van der Waals surface area contributed by atoms with E-state index < -0.39 is 0 Å². The van der Waals surface area contributed by atoms with Gasteiger partial charge in [-0.3, -0.25) is 19.3 Å². The summed E-state index contributed by atoms with van der Waals surface area (Å²) in [5.41, 5.74) is 2.51. The maximum absolute atomic E-state index is 12.4. The van der Waals surface area contributed by atoms with Gasteiger partial charge in [0.1, 0.15) is 17.8 Å². The number of amides is 3. The number of carbonyl (C=O) groups is 3. The zero-order valence-corrected chi connectivity index (χ0v) is 15.3. The van der Waals surface area contributed by atoms with Crippen molar-refractivity contribution < 1.29 is 14.4 Å². The molecule has 2 aliphatic rings. The highest BCUT2D eigenvalue weighted by atomic mass is 16.2. The summed E-state index contributed by atoms with van der Waals surface area (Å²) in [6.45, 7) is 0.543. The normalized spacial score (nSPS) is 16.5. The van der Waals surface area contributed by atoms with Crippen molar-refractivity contribution >= 4 is 23.5 Å². The van der Waals surface area contributed by atoms with Gasteiger partial charge in [0, 0.05) is 48.9 Å². The standard InChI is InChI=1S/C19H18N6O3/c1-24-18(27)14-3-2-6-25(17(14)19(24)28)10-16(26)23-15-5-4-12(9-22-15)13-7-20-11-21-8-13/h4-5,7-9,11H,2-3,6,10H2,1H3,(H,22,23,26). The summed E-state index contributed by atoms with van der Waals surface area (Å²) in [5.74, 6) is -0.512. The SMILES string of the molecule is CN1C(=O)C2=C(C1=O)N(CC(=O)Nc1ccc(-c3cncnc3)cn1)CCC2. The molecule has 0 saturated carbocycles. The van der Waals surface area contributed by atoms with E-state index in [1.807, 2.05) is 6.07 Å². The molecule has 2 aliphatic heterocycles. The van der Waals surface area contributed by atoms with Gasteiger partial charge in [0.15, 0.2) is 0 Å². The van der Waals surface area contributed by atoms with E-state index in [0.717, 1.165) is 22.4 Å². The number of rotatable bonds is 4. The van der Waals surface area contributed by atoms with Gasteiger partial charge in [0.05, 0.1) is 6.54 Å². The van der Waals surface area contributed by atoms with E-state index in [9.17, 15) is 14.4 Å². The number of likely N-dealkylation sites (N-methyl/N-ethyl adjacent to an activating group) is 1. The number of carbonyl (C=O) groups excluding carboxylic acids is 3. The minimum atomic E-state index is -0.347. The first-order chi connectivity index (χ1) is 13.5. The van der Waals surface area contributed by atoms with Crippen LogP contribution in [0.25, 0.3) is 11.1 Å². The molecule has 0 fully saturated rings. The summed E-state index contributed by atoms with van der Waals surface area (Å²) in [7, 11) is 1.46. The van der Waals surface area contributed by atoms with E-state index in [1.165, 1.54) is 13.4 Å². The van der Waals surface area contributed by atoms with Crippen LogP contribution in [0.1, 0.15) is 12.8 Å². The van der Waals surface area contributed by atoms with Gasteiger partial charge in [0.2, 0.25) is 5.91 Å². The van der Waals surface area contributed by atoms with Gasteiger partial charge in [-0.1, -0.05) is 0 Å². The Bertz CT molecular complexity index is 971. The highest BCUT2D eigenvalue weighted by Crippen LogP contribution is 2.30. The smallest absolute Gasteiger partial charge is 0.277 e. The lowest BCUT2D eigenvalue weighted by molar-refractivity contribution is -0.136. The number of anilines is 1. The van der Waals surface area contributed by atoms with Crippen LogP contribution in [0.5, 0.6) is 0 Å². The first kappa shape index (κ1) is 17.8. The summed E-state index contributed by atoms with van der Waals surface area (Å²) >= 11 is 0. The molecule has 4 rings (SSSR count). The number of aromatic nitrogens is 3. The zero-order chi connectivity index (χ0) is 19.7. The van der Waals surface area contributed by atoms with Crippen LogP contribution >= 0.6 is 0 Å². The molecule has 0 aromatic carbocycles. The second-order valence-electron chi connectivity index (χ2n) is 6.63. The van der Waals surface area contributed by atoms with Crippen molar-refractivity contribution in [1.82, 2.24) is 24.8 Å². The van der Waals surface area contributed by atoms with Crippen LogP contribution in [0.15, 0.2) is 48.3 Å². The van der Waals surface area contributed by atoms with E-state index in [0.29, 0.717) is 30.1 Å². The van der Waals surface area contributed by atoms with Crippen molar-refractivity contribution in [2.75, 3.05) is 25.5 Å². The lowest BCUT2D eigenvalue weighted by Crippen LogP contribution is -2.38. The second-order valence-corrected chi connectivity index (χ2v) is 6.63. The van der Waals surface area contributed by atoms with Crippen molar-refractivity contribution in [2.45, 2.75) is 12.8 Å². The van der Waals surface area contributed by atoms with E-state index in [-0.39, 0.29) is 24.3 Å².